The van der Waals surface area contributed by atoms with Gasteiger partial charge in [0.15, 0.2) is 0 Å². The molecule has 0 saturated carbocycles. The predicted molar refractivity (Wildman–Crippen MR) is 92.7 cm³/mol. The molecule has 0 spiro atoms. The Hall–Kier alpha value is -2.67. The molecule has 24 heavy (non-hydrogen) atoms. The van der Waals surface area contributed by atoms with E-state index in [0.29, 0.717) is 11.1 Å². The van der Waals surface area contributed by atoms with Crippen LogP contribution in [-0.2, 0) is 4.79 Å². The molecule has 0 bridgehead atoms. The van der Waals surface area contributed by atoms with Gasteiger partial charge in [0, 0.05) is 25.1 Å². The third-order valence-corrected chi connectivity index (χ3v) is 4.34. The highest BCUT2D eigenvalue weighted by atomic mass is 32.2. The smallest absolute Gasteiger partial charge is 0.277 e. The third kappa shape index (κ3) is 3.62. The second-order valence-electron chi connectivity index (χ2n) is 5.11. The predicted octanol–water partition coefficient (Wildman–Crippen LogP) is 3.28. The van der Waals surface area contributed by atoms with Crippen LogP contribution in [0, 0.1) is 0 Å². The van der Waals surface area contributed by atoms with Crippen LogP contribution < -0.4 is 4.90 Å². The first-order chi connectivity index (χ1) is 11.6. The second-order valence-corrected chi connectivity index (χ2v) is 6.40. The molecule has 0 unspecified atom stereocenters. The summed E-state index contributed by atoms with van der Waals surface area (Å²) in [6.07, 6.45) is 3.33. The average Bonchev–Trinajstić information content (AvgIpc) is 3.10. The lowest BCUT2D eigenvalue weighted by Crippen LogP contribution is -2.33. The Balaban J connectivity index is 1.68. The monoisotopic (exact) mass is 340 g/mol. The Morgan fingerprint density at radius 3 is 2.67 bits per heavy atom. The van der Waals surface area contributed by atoms with E-state index in [1.165, 1.54) is 11.8 Å². The minimum Gasteiger partial charge on any atom is -0.411 e. The highest BCUT2D eigenvalue weighted by molar-refractivity contribution is 8.00. The van der Waals surface area contributed by atoms with Crippen molar-refractivity contribution in [2.45, 2.75) is 17.4 Å². The molecule has 0 saturated heterocycles. The van der Waals surface area contributed by atoms with Gasteiger partial charge in [-0.25, -0.2) is 0 Å². The normalized spacial score (nSPS) is 11.9. The molecular weight excluding hydrogens is 324 g/mol. The van der Waals surface area contributed by atoms with Crippen LogP contribution in [0.1, 0.15) is 6.92 Å². The first-order valence-electron chi connectivity index (χ1n) is 7.38. The van der Waals surface area contributed by atoms with Gasteiger partial charge in [-0.3, -0.25) is 9.78 Å². The van der Waals surface area contributed by atoms with Crippen molar-refractivity contribution >= 4 is 23.4 Å². The minimum atomic E-state index is -0.350. The number of thioether (sulfide) groups is 1. The lowest BCUT2D eigenvalue weighted by molar-refractivity contribution is -0.117. The molecule has 0 aliphatic carbocycles. The van der Waals surface area contributed by atoms with Gasteiger partial charge < -0.3 is 9.32 Å². The van der Waals surface area contributed by atoms with E-state index in [0.717, 1.165) is 11.3 Å². The zero-order valence-electron chi connectivity index (χ0n) is 13.3. The Morgan fingerprint density at radius 2 is 1.96 bits per heavy atom. The topological polar surface area (TPSA) is 72.1 Å². The first kappa shape index (κ1) is 16.2. The van der Waals surface area contributed by atoms with Crippen LogP contribution >= 0.6 is 11.8 Å². The van der Waals surface area contributed by atoms with Gasteiger partial charge in [-0.05, 0) is 31.2 Å². The summed E-state index contributed by atoms with van der Waals surface area (Å²) in [6, 6.07) is 13.1. The number of nitrogens with zero attached hydrogens (tertiary/aromatic N) is 4. The van der Waals surface area contributed by atoms with Crippen molar-refractivity contribution in [3.8, 4) is 11.5 Å². The van der Waals surface area contributed by atoms with Crippen molar-refractivity contribution in [2.75, 3.05) is 11.9 Å². The molecule has 1 aromatic carbocycles. The van der Waals surface area contributed by atoms with Crippen LogP contribution in [0.15, 0.2) is 64.5 Å². The number of amides is 1. The van der Waals surface area contributed by atoms with Crippen molar-refractivity contribution in [3.05, 3.63) is 54.9 Å². The maximum absolute atomic E-state index is 12.5. The van der Waals surface area contributed by atoms with E-state index in [1.807, 2.05) is 43.3 Å². The largest absolute Gasteiger partial charge is 0.411 e. The van der Waals surface area contributed by atoms with Crippen LogP contribution in [0.2, 0.25) is 0 Å². The van der Waals surface area contributed by atoms with Gasteiger partial charge >= 0.3 is 0 Å². The summed E-state index contributed by atoms with van der Waals surface area (Å²) in [4.78, 5) is 18.2. The van der Waals surface area contributed by atoms with Gasteiger partial charge in [0.25, 0.3) is 5.22 Å². The Kier molecular flexibility index (Phi) is 4.90. The van der Waals surface area contributed by atoms with Gasteiger partial charge in [0.1, 0.15) is 0 Å². The molecule has 122 valence electrons. The fraction of sp³-hybridized carbons (Fsp3) is 0.176. The molecule has 1 atom stereocenters. The van der Waals surface area contributed by atoms with E-state index in [1.54, 1.807) is 30.4 Å². The van der Waals surface area contributed by atoms with E-state index in [9.17, 15) is 4.79 Å². The van der Waals surface area contributed by atoms with Crippen LogP contribution in [0.25, 0.3) is 11.5 Å². The van der Waals surface area contributed by atoms with Crippen molar-refractivity contribution in [3.63, 3.8) is 0 Å². The minimum absolute atomic E-state index is 0.0349. The molecule has 0 fully saturated rings. The van der Waals surface area contributed by atoms with E-state index >= 15 is 0 Å². The number of carbonyl (C=O) groups is 1. The molecule has 1 amide bonds. The molecule has 0 aliphatic rings. The van der Waals surface area contributed by atoms with Gasteiger partial charge in [-0.1, -0.05) is 30.0 Å². The molecule has 0 radical (unpaired) electrons. The number of aromatic nitrogens is 3. The van der Waals surface area contributed by atoms with Crippen LogP contribution in [-0.4, -0.2) is 33.4 Å². The number of hydrogen-bond donors (Lipinski definition) is 0. The summed E-state index contributed by atoms with van der Waals surface area (Å²) in [5.74, 6) is 0.356. The zero-order chi connectivity index (χ0) is 16.9. The highest BCUT2D eigenvalue weighted by Crippen LogP contribution is 2.27. The third-order valence-electron chi connectivity index (χ3n) is 3.41. The lowest BCUT2D eigenvalue weighted by atomic mass is 10.3. The first-order valence-corrected chi connectivity index (χ1v) is 8.26. The summed E-state index contributed by atoms with van der Waals surface area (Å²) in [5.41, 5.74) is 1.59. The van der Waals surface area contributed by atoms with Crippen molar-refractivity contribution in [2.24, 2.45) is 0 Å². The van der Waals surface area contributed by atoms with Gasteiger partial charge in [-0.15, -0.1) is 10.2 Å². The van der Waals surface area contributed by atoms with Crippen molar-refractivity contribution in [1.82, 2.24) is 15.2 Å². The molecule has 2 heterocycles. The van der Waals surface area contributed by atoms with Crippen LogP contribution in [0.4, 0.5) is 5.69 Å². The molecule has 2 aromatic heterocycles. The number of carbonyl (C=O) groups excluding carboxylic acids is 1. The van der Waals surface area contributed by atoms with E-state index in [-0.39, 0.29) is 11.2 Å². The zero-order valence-corrected chi connectivity index (χ0v) is 14.1. The molecule has 3 rings (SSSR count). The lowest BCUT2D eigenvalue weighted by Gasteiger charge is -2.20. The summed E-state index contributed by atoms with van der Waals surface area (Å²) in [6.45, 7) is 1.82. The van der Waals surface area contributed by atoms with Crippen LogP contribution in [0.5, 0.6) is 0 Å². The Labute approximate surface area is 143 Å². The van der Waals surface area contributed by atoms with Gasteiger partial charge in [0.2, 0.25) is 11.8 Å². The Bertz CT molecular complexity index is 808. The number of hydrogen-bond acceptors (Lipinski definition) is 6. The molecule has 3 aromatic rings. The fourth-order valence-corrected chi connectivity index (χ4v) is 2.89. The quantitative estimate of drug-likeness (QED) is 0.664. The maximum atomic E-state index is 12.5. The number of rotatable bonds is 5. The van der Waals surface area contributed by atoms with Crippen LogP contribution in [0.3, 0.4) is 0 Å². The summed E-state index contributed by atoms with van der Waals surface area (Å²) >= 11 is 1.24. The molecule has 0 N–H and O–H groups in total. The van der Waals surface area contributed by atoms with E-state index in [2.05, 4.69) is 15.2 Å². The fourth-order valence-electron chi connectivity index (χ4n) is 2.12. The second kappa shape index (κ2) is 7.27. The van der Waals surface area contributed by atoms with Crippen molar-refractivity contribution in [1.29, 1.82) is 0 Å². The molecule has 0 aliphatic heterocycles. The summed E-state index contributed by atoms with van der Waals surface area (Å²) in [7, 11) is 1.75. The van der Waals surface area contributed by atoms with Gasteiger partial charge in [0.05, 0.1) is 10.8 Å². The van der Waals surface area contributed by atoms with Gasteiger partial charge in [-0.2, -0.15) is 0 Å². The number of benzene rings is 1. The molecule has 6 nitrogen and oxygen atoms in total. The Morgan fingerprint density at radius 1 is 1.17 bits per heavy atom. The number of para-hydroxylation sites is 1. The summed E-state index contributed by atoms with van der Waals surface area (Å²) < 4.78 is 5.61. The SMILES string of the molecule is C[C@H](Sc1nnc(-c2cccnc2)o1)C(=O)N(C)c1ccccc1. The molecule has 7 heteroatoms. The number of anilines is 1. The highest BCUT2D eigenvalue weighted by Gasteiger charge is 2.22. The molecular formula is C17H16N4O2S. The van der Waals surface area contributed by atoms with Crippen molar-refractivity contribution < 1.29 is 9.21 Å². The van der Waals surface area contributed by atoms with E-state index in [4.69, 9.17) is 4.42 Å². The average molecular weight is 340 g/mol. The standard InChI is InChI=1S/C17H16N4O2S/c1-12(16(22)21(2)14-8-4-3-5-9-14)24-17-20-19-15(23-17)13-7-6-10-18-11-13/h3-12H,1-2H3/t12-/m0/s1. The maximum Gasteiger partial charge on any atom is 0.277 e. The number of pyridine rings is 1. The van der Waals surface area contributed by atoms with E-state index < -0.39 is 0 Å². The summed E-state index contributed by atoms with van der Waals surface area (Å²) in [5, 5.41) is 8.00.